The van der Waals surface area contributed by atoms with Gasteiger partial charge < -0.3 is 10.0 Å². The summed E-state index contributed by atoms with van der Waals surface area (Å²) in [5.74, 6) is -2.57. The quantitative estimate of drug-likeness (QED) is 0.618. The molecule has 0 amide bonds. The summed E-state index contributed by atoms with van der Waals surface area (Å²) in [5.41, 5.74) is 0. The van der Waals surface area contributed by atoms with E-state index in [9.17, 15) is 8.78 Å². The Morgan fingerprint density at radius 3 is 2.73 bits per heavy atom. The van der Waals surface area contributed by atoms with Crippen LogP contribution in [0.25, 0.3) is 0 Å². The summed E-state index contributed by atoms with van der Waals surface area (Å²) < 4.78 is 25.4. The van der Waals surface area contributed by atoms with Gasteiger partial charge in [-0.2, -0.15) is 0 Å². The Morgan fingerprint density at radius 2 is 2.27 bits per heavy atom. The van der Waals surface area contributed by atoms with Crippen molar-refractivity contribution in [3.05, 3.63) is 0 Å². The summed E-state index contributed by atoms with van der Waals surface area (Å²) in [7, 11) is 1.76. The summed E-state index contributed by atoms with van der Waals surface area (Å²) in [6.45, 7) is 0.199. The van der Waals surface area contributed by atoms with Crippen LogP contribution in [0.4, 0.5) is 8.78 Å². The molecule has 0 aromatic rings. The van der Waals surface area contributed by atoms with Crippen LogP contribution in [0.1, 0.15) is 12.8 Å². The third-order valence-electron chi connectivity index (χ3n) is 2.20. The highest BCUT2D eigenvalue weighted by atomic mass is 19.3. The van der Waals surface area contributed by atoms with Crippen LogP contribution in [-0.4, -0.2) is 42.2 Å². The van der Waals surface area contributed by atoms with Gasteiger partial charge in [-0.25, -0.2) is 8.78 Å². The molecule has 1 N–H and O–H groups in total. The zero-order valence-corrected chi connectivity index (χ0v) is 6.56. The second-order valence-electron chi connectivity index (χ2n) is 3.13. The minimum atomic E-state index is -2.57. The van der Waals surface area contributed by atoms with Crippen molar-refractivity contribution in [2.75, 3.05) is 20.2 Å². The molecule has 1 atom stereocenters. The van der Waals surface area contributed by atoms with Gasteiger partial charge in [0.25, 0.3) is 5.92 Å². The van der Waals surface area contributed by atoms with Crippen LogP contribution in [0.15, 0.2) is 0 Å². The molecular weight excluding hydrogens is 152 g/mol. The molecule has 1 aliphatic heterocycles. The topological polar surface area (TPSA) is 23.5 Å². The number of nitrogens with zero attached hydrogens (tertiary/aromatic N) is 1. The van der Waals surface area contributed by atoms with Crippen LogP contribution >= 0.6 is 0 Å². The summed E-state index contributed by atoms with van der Waals surface area (Å²) in [4.78, 5) is 1.78. The Balaban J connectivity index is 2.51. The van der Waals surface area contributed by atoms with E-state index in [1.807, 2.05) is 0 Å². The number of rotatable bonds is 1. The fourth-order valence-corrected chi connectivity index (χ4v) is 1.33. The van der Waals surface area contributed by atoms with Gasteiger partial charge in [0.1, 0.15) is 0 Å². The molecule has 11 heavy (non-hydrogen) atoms. The Labute approximate surface area is 64.8 Å². The monoisotopic (exact) mass is 165 g/mol. The molecule has 0 aromatic heterocycles. The lowest BCUT2D eigenvalue weighted by Crippen LogP contribution is -2.46. The number of piperidine rings is 1. The Morgan fingerprint density at radius 1 is 1.64 bits per heavy atom. The average molecular weight is 165 g/mol. The van der Waals surface area contributed by atoms with Crippen molar-refractivity contribution in [1.82, 2.24) is 4.90 Å². The van der Waals surface area contributed by atoms with E-state index in [4.69, 9.17) is 5.11 Å². The second kappa shape index (κ2) is 3.03. The molecule has 1 saturated heterocycles. The predicted molar refractivity (Wildman–Crippen MR) is 37.7 cm³/mol. The van der Waals surface area contributed by atoms with Crippen molar-refractivity contribution < 1.29 is 13.9 Å². The Bertz CT molecular complexity index is 140. The smallest absolute Gasteiger partial charge is 0.250 e. The molecule has 1 aliphatic rings. The molecule has 0 saturated carbocycles. The van der Waals surface area contributed by atoms with E-state index >= 15 is 0 Å². The van der Waals surface area contributed by atoms with E-state index in [1.165, 1.54) is 0 Å². The third kappa shape index (κ3) is 2.10. The largest absolute Gasteiger partial charge is 0.395 e. The van der Waals surface area contributed by atoms with Gasteiger partial charge in [-0.1, -0.05) is 0 Å². The van der Waals surface area contributed by atoms with Crippen molar-refractivity contribution in [2.45, 2.75) is 24.8 Å². The minimum Gasteiger partial charge on any atom is -0.395 e. The highest BCUT2D eigenvalue weighted by Crippen LogP contribution is 2.30. The van der Waals surface area contributed by atoms with Crippen molar-refractivity contribution in [2.24, 2.45) is 0 Å². The fraction of sp³-hybridized carbons (Fsp3) is 1.00. The Kier molecular flexibility index (Phi) is 2.44. The normalized spacial score (nSPS) is 32.2. The lowest BCUT2D eigenvalue weighted by atomic mass is 10.00. The fourth-order valence-electron chi connectivity index (χ4n) is 1.33. The van der Waals surface area contributed by atoms with E-state index < -0.39 is 5.92 Å². The SMILES string of the molecule is CN1CCC(F)(F)CC1CO. The summed E-state index contributed by atoms with van der Waals surface area (Å²) in [5, 5.41) is 8.72. The van der Waals surface area contributed by atoms with Crippen LogP contribution in [0.2, 0.25) is 0 Å². The molecule has 1 unspecified atom stereocenters. The van der Waals surface area contributed by atoms with Crippen LogP contribution < -0.4 is 0 Å². The number of halogens is 2. The first-order chi connectivity index (χ1) is 5.05. The van der Waals surface area contributed by atoms with Crippen LogP contribution in [0, 0.1) is 0 Å². The van der Waals surface area contributed by atoms with Gasteiger partial charge in [-0.15, -0.1) is 0 Å². The van der Waals surface area contributed by atoms with E-state index in [-0.39, 0.29) is 25.5 Å². The van der Waals surface area contributed by atoms with E-state index in [0.29, 0.717) is 6.54 Å². The molecule has 0 radical (unpaired) electrons. The second-order valence-corrected chi connectivity index (χ2v) is 3.13. The number of aliphatic hydroxyl groups is 1. The molecular formula is C7H13F2NO. The summed E-state index contributed by atoms with van der Waals surface area (Å²) in [6, 6.07) is -0.362. The zero-order valence-electron chi connectivity index (χ0n) is 6.56. The first-order valence-electron chi connectivity index (χ1n) is 3.74. The van der Waals surface area contributed by atoms with Crippen LogP contribution in [0.5, 0.6) is 0 Å². The van der Waals surface area contributed by atoms with Crippen molar-refractivity contribution in [3.63, 3.8) is 0 Å². The van der Waals surface area contributed by atoms with Gasteiger partial charge in [0.2, 0.25) is 0 Å². The maximum atomic E-state index is 12.7. The Hall–Kier alpha value is -0.220. The van der Waals surface area contributed by atoms with Gasteiger partial charge in [0, 0.05) is 25.4 Å². The van der Waals surface area contributed by atoms with Gasteiger partial charge in [-0.05, 0) is 7.05 Å². The van der Waals surface area contributed by atoms with E-state index in [2.05, 4.69) is 0 Å². The molecule has 0 aliphatic carbocycles. The highest BCUT2D eigenvalue weighted by Gasteiger charge is 2.38. The first-order valence-corrected chi connectivity index (χ1v) is 3.74. The molecule has 2 nitrogen and oxygen atoms in total. The number of hydrogen-bond acceptors (Lipinski definition) is 2. The molecule has 1 heterocycles. The van der Waals surface area contributed by atoms with Gasteiger partial charge in [0.15, 0.2) is 0 Å². The maximum absolute atomic E-state index is 12.7. The predicted octanol–water partition coefficient (Wildman–Crippen LogP) is 0.708. The molecule has 0 aromatic carbocycles. The zero-order chi connectivity index (χ0) is 8.48. The van der Waals surface area contributed by atoms with Gasteiger partial charge in [-0.3, -0.25) is 0 Å². The van der Waals surface area contributed by atoms with Crippen molar-refractivity contribution >= 4 is 0 Å². The molecule has 66 valence electrons. The highest BCUT2D eigenvalue weighted by molar-refractivity contribution is 4.83. The minimum absolute atomic E-state index is 0.0833. The third-order valence-corrected chi connectivity index (χ3v) is 2.20. The van der Waals surface area contributed by atoms with Crippen LogP contribution in [-0.2, 0) is 0 Å². The first kappa shape index (κ1) is 8.87. The molecule has 0 bridgehead atoms. The standard InChI is InChI=1S/C7H13F2NO/c1-10-3-2-7(8,9)4-6(10)5-11/h6,11H,2-5H2,1H3. The number of likely N-dealkylation sites (tertiary alicyclic amines) is 1. The lowest BCUT2D eigenvalue weighted by Gasteiger charge is -2.35. The van der Waals surface area contributed by atoms with Crippen LogP contribution in [0.3, 0.4) is 0 Å². The number of hydrogen-bond donors (Lipinski definition) is 1. The van der Waals surface area contributed by atoms with E-state index in [1.54, 1.807) is 11.9 Å². The molecule has 1 rings (SSSR count). The summed E-state index contributed by atoms with van der Waals surface area (Å²) >= 11 is 0. The summed E-state index contributed by atoms with van der Waals surface area (Å²) in [6.07, 6.45) is -0.292. The van der Waals surface area contributed by atoms with Crippen molar-refractivity contribution in [3.8, 4) is 0 Å². The molecule has 0 spiro atoms. The maximum Gasteiger partial charge on any atom is 0.250 e. The van der Waals surface area contributed by atoms with E-state index in [0.717, 1.165) is 0 Å². The van der Waals surface area contributed by atoms with Gasteiger partial charge in [0.05, 0.1) is 6.61 Å². The lowest BCUT2D eigenvalue weighted by molar-refractivity contribution is -0.0809. The van der Waals surface area contributed by atoms with Crippen molar-refractivity contribution in [1.29, 1.82) is 0 Å². The number of likely N-dealkylation sites (N-methyl/N-ethyl adjacent to an activating group) is 1. The number of aliphatic hydroxyl groups excluding tert-OH is 1. The average Bonchev–Trinajstić information content (AvgIpc) is 1.94. The van der Waals surface area contributed by atoms with Gasteiger partial charge >= 0.3 is 0 Å². The molecule has 4 heteroatoms. The number of alkyl halides is 2. The molecule has 1 fully saturated rings.